The van der Waals surface area contributed by atoms with Gasteiger partial charge in [0.2, 0.25) is 0 Å². The zero-order chi connectivity index (χ0) is 20.9. The van der Waals surface area contributed by atoms with Crippen molar-refractivity contribution in [2.75, 3.05) is 28.4 Å². The van der Waals surface area contributed by atoms with Crippen LogP contribution in [0.1, 0.15) is 22.8 Å². The number of rotatable bonds is 4. The summed E-state index contributed by atoms with van der Waals surface area (Å²) in [5.41, 5.74) is 1.24. The first-order valence-corrected chi connectivity index (χ1v) is 9.06. The average molecular weight is 395 g/mol. The molecule has 1 heterocycles. The van der Waals surface area contributed by atoms with Crippen molar-refractivity contribution in [2.24, 2.45) is 0 Å². The predicted octanol–water partition coefficient (Wildman–Crippen LogP) is 3.53. The molecule has 1 aliphatic heterocycles. The van der Waals surface area contributed by atoms with Crippen LogP contribution in [-0.2, 0) is 11.3 Å². The molecule has 29 heavy (non-hydrogen) atoms. The number of hydrogen-bond donors (Lipinski definition) is 0. The second kappa shape index (κ2) is 6.84. The van der Waals surface area contributed by atoms with Gasteiger partial charge in [0.05, 0.1) is 32.3 Å². The zero-order valence-electron chi connectivity index (χ0n) is 16.9. The van der Waals surface area contributed by atoms with Crippen molar-refractivity contribution in [2.45, 2.75) is 13.5 Å². The largest absolute Gasteiger partial charge is 0.496 e. The molecule has 0 saturated heterocycles. The van der Waals surface area contributed by atoms with Crippen LogP contribution >= 0.6 is 0 Å². The minimum absolute atomic E-state index is 0.134. The third-order valence-electron chi connectivity index (χ3n) is 5.21. The Bertz CT molecular complexity index is 1180. The van der Waals surface area contributed by atoms with Gasteiger partial charge < -0.3 is 23.8 Å². The van der Waals surface area contributed by atoms with Crippen LogP contribution in [0.5, 0.6) is 23.0 Å². The van der Waals surface area contributed by atoms with E-state index in [1.165, 1.54) is 14.0 Å². The van der Waals surface area contributed by atoms with Crippen molar-refractivity contribution >= 4 is 33.4 Å². The van der Waals surface area contributed by atoms with Crippen molar-refractivity contribution in [3.05, 3.63) is 35.4 Å². The minimum atomic E-state index is -0.467. The Balaban J connectivity index is 2.26. The van der Waals surface area contributed by atoms with Crippen LogP contribution in [0.15, 0.2) is 24.3 Å². The Morgan fingerprint density at radius 1 is 0.966 bits per heavy atom. The SMILES string of the molecule is COc1cc2cc3c(OC)ccc(OC)c3c(OC(C)=O)c2c2c1C(=O)N(C)C2. The van der Waals surface area contributed by atoms with E-state index in [4.69, 9.17) is 18.9 Å². The van der Waals surface area contributed by atoms with Crippen molar-refractivity contribution in [1.29, 1.82) is 0 Å². The molecule has 4 rings (SSSR count). The Labute approximate surface area is 167 Å². The van der Waals surface area contributed by atoms with Crippen molar-refractivity contribution in [3.63, 3.8) is 0 Å². The number of carbonyl (C=O) groups is 2. The number of hydrogen-bond acceptors (Lipinski definition) is 6. The van der Waals surface area contributed by atoms with Gasteiger partial charge in [0.25, 0.3) is 5.91 Å². The first-order chi connectivity index (χ1) is 13.9. The van der Waals surface area contributed by atoms with Gasteiger partial charge in [-0.3, -0.25) is 9.59 Å². The van der Waals surface area contributed by atoms with E-state index in [2.05, 4.69) is 0 Å². The maximum Gasteiger partial charge on any atom is 0.308 e. The molecule has 150 valence electrons. The molecule has 0 fully saturated rings. The minimum Gasteiger partial charge on any atom is -0.496 e. The van der Waals surface area contributed by atoms with Crippen molar-refractivity contribution in [1.82, 2.24) is 4.90 Å². The number of benzene rings is 3. The smallest absolute Gasteiger partial charge is 0.308 e. The highest BCUT2D eigenvalue weighted by molar-refractivity contribution is 6.16. The molecule has 0 unspecified atom stereocenters. The molecular weight excluding hydrogens is 374 g/mol. The Kier molecular flexibility index (Phi) is 4.45. The molecule has 7 heteroatoms. The highest BCUT2D eigenvalue weighted by atomic mass is 16.5. The van der Waals surface area contributed by atoms with Crippen LogP contribution in [0.4, 0.5) is 0 Å². The van der Waals surface area contributed by atoms with E-state index in [1.54, 1.807) is 44.4 Å². The summed E-state index contributed by atoms with van der Waals surface area (Å²) in [7, 11) is 6.39. The normalized spacial score (nSPS) is 13.0. The molecule has 0 aliphatic carbocycles. The predicted molar refractivity (Wildman–Crippen MR) is 108 cm³/mol. The lowest BCUT2D eigenvalue weighted by molar-refractivity contribution is -0.131. The van der Waals surface area contributed by atoms with Gasteiger partial charge in [-0.25, -0.2) is 0 Å². The van der Waals surface area contributed by atoms with Crippen LogP contribution in [0.25, 0.3) is 21.5 Å². The first kappa shape index (κ1) is 18.9. The van der Waals surface area contributed by atoms with Gasteiger partial charge in [0.1, 0.15) is 17.2 Å². The first-order valence-electron chi connectivity index (χ1n) is 9.06. The van der Waals surface area contributed by atoms with E-state index in [9.17, 15) is 9.59 Å². The lowest BCUT2D eigenvalue weighted by Crippen LogP contribution is -2.17. The number of amides is 1. The lowest BCUT2D eigenvalue weighted by atomic mass is 9.94. The van der Waals surface area contributed by atoms with Crippen LogP contribution < -0.4 is 18.9 Å². The molecule has 0 atom stereocenters. The fraction of sp³-hybridized carbons (Fsp3) is 0.273. The van der Waals surface area contributed by atoms with E-state index in [-0.39, 0.29) is 5.91 Å². The molecule has 1 amide bonds. The van der Waals surface area contributed by atoms with Gasteiger partial charge in [0.15, 0.2) is 5.75 Å². The van der Waals surface area contributed by atoms with E-state index < -0.39 is 5.97 Å². The third kappa shape index (κ3) is 2.73. The molecule has 3 aromatic carbocycles. The molecule has 1 aliphatic rings. The third-order valence-corrected chi connectivity index (χ3v) is 5.21. The summed E-state index contributed by atoms with van der Waals surface area (Å²) in [4.78, 5) is 26.4. The number of methoxy groups -OCH3 is 3. The monoisotopic (exact) mass is 395 g/mol. The number of nitrogens with zero attached hydrogens (tertiary/aromatic N) is 1. The molecule has 0 N–H and O–H groups in total. The fourth-order valence-corrected chi connectivity index (χ4v) is 4.00. The van der Waals surface area contributed by atoms with E-state index in [1.807, 2.05) is 6.07 Å². The fourth-order valence-electron chi connectivity index (χ4n) is 4.00. The van der Waals surface area contributed by atoms with Gasteiger partial charge in [-0.1, -0.05) is 0 Å². The molecular formula is C22H21NO6. The number of fused-ring (bicyclic) bond motifs is 4. The van der Waals surface area contributed by atoms with Crippen LogP contribution in [0.2, 0.25) is 0 Å². The number of esters is 1. The summed E-state index contributed by atoms with van der Waals surface area (Å²) in [5, 5.41) is 2.81. The topological polar surface area (TPSA) is 74.3 Å². The van der Waals surface area contributed by atoms with Gasteiger partial charge in [-0.05, 0) is 35.2 Å². The summed E-state index contributed by atoms with van der Waals surface area (Å²) in [5.74, 6) is 1.39. The molecule has 3 aromatic rings. The second-order valence-corrected chi connectivity index (χ2v) is 6.88. The van der Waals surface area contributed by atoms with Crippen LogP contribution in [0, 0.1) is 0 Å². The van der Waals surface area contributed by atoms with Gasteiger partial charge in [-0.2, -0.15) is 0 Å². The average Bonchev–Trinajstić information content (AvgIpc) is 3.00. The quantitative estimate of drug-likeness (QED) is 0.382. The maximum atomic E-state index is 12.7. The molecule has 0 saturated carbocycles. The molecule has 7 nitrogen and oxygen atoms in total. The number of ether oxygens (including phenoxy) is 4. The summed E-state index contributed by atoms with van der Waals surface area (Å²) >= 11 is 0. The Hall–Kier alpha value is -3.48. The molecule has 0 bridgehead atoms. The van der Waals surface area contributed by atoms with Gasteiger partial charge >= 0.3 is 5.97 Å². The zero-order valence-corrected chi connectivity index (χ0v) is 16.9. The summed E-state index contributed by atoms with van der Waals surface area (Å²) in [6, 6.07) is 7.29. The molecule has 0 aromatic heterocycles. The molecule has 0 radical (unpaired) electrons. The van der Waals surface area contributed by atoms with Crippen LogP contribution in [0.3, 0.4) is 0 Å². The van der Waals surface area contributed by atoms with Crippen molar-refractivity contribution in [3.8, 4) is 23.0 Å². The Morgan fingerprint density at radius 2 is 1.62 bits per heavy atom. The summed E-state index contributed by atoms with van der Waals surface area (Å²) in [6.45, 7) is 1.73. The standard InChI is InChI=1S/C22H21NO6/c1-11(24)29-21-18-12(8-13-15(26-3)6-7-16(27-4)19(13)21)9-17(28-5)20-14(18)10-23(2)22(20)25/h6-9H,10H2,1-5H3. The summed E-state index contributed by atoms with van der Waals surface area (Å²) < 4.78 is 22.3. The second-order valence-electron chi connectivity index (χ2n) is 6.88. The van der Waals surface area contributed by atoms with Crippen molar-refractivity contribution < 1.29 is 28.5 Å². The Morgan fingerprint density at radius 3 is 2.24 bits per heavy atom. The van der Waals surface area contributed by atoms with E-state index in [0.717, 1.165) is 16.3 Å². The van der Waals surface area contributed by atoms with Gasteiger partial charge in [-0.15, -0.1) is 0 Å². The van der Waals surface area contributed by atoms with Gasteiger partial charge in [0, 0.05) is 31.3 Å². The number of carbonyl (C=O) groups excluding carboxylic acids is 2. The van der Waals surface area contributed by atoms with E-state index in [0.29, 0.717) is 45.9 Å². The van der Waals surface area contributed by atoms with E-state index >= 15 is 0 Å². The summed E-state index contributed by atoms with van der Waals surface area (Å²) in [6.07, 6.45) is 0. The van der Waals surface area contributed by atoms with Crippen LogP contribution in [-0.4, -0.2) is 45.2 Å². The maximum absolute atomic E-state index is 12.7. The lowest BCUT2D eigenvalue weighted by Gasteiger charge is -2.18. The molecule has 0 spiro atoms. The highest BCUT2D eigenvalue weighted by Crippen LogP contribution is 2.48. The highest BCUT2D eigenvalue weighted by Gasteiger charge is 2.33.